The average molecular weight is 305 g/mol. The molecule has 0 atom stereocenters. The molecular weight excluding hydrogens is 288 g/mol. The summed E-state index contributed by atoms with van der Waals surface area (Å²) in [7, 11) is 0. The number of nitrogens with zero attached hydrogens (tertiary/aromatic N) is 6. The molecule has 0 saturated carbocycles. The molecule has 0 amide bonds. The van der Waals surface area contributed by atoms with Gasteiger partial charge < -0.3 is 0 Å². The second-order valence-corrected chi connectivity index (χ2v) is 5.35. The van der Waals surface area contributed by atoms with Crippen LogP contribution in [0.5, 0.6) is 0 Å². The summed E-state index contributed by atoms with van der Waals surface area (Å²) in [6, 6.07) is 2.03. The highest BCUT2D eigenvalue weighted by Crippen LogP contribution is 2.24. The van der Waals surface area contributed by atoms with Crippen LogP contribution in [-0.4, -0.2) is 29.6 Å². The minimum absolute atomic E-state index is 0.472. The van der Waals surface area contributed by atoms with Crippen LogP contribution in [0.4, 0.5) is 0 Å². The van der Waals surface area contributed by atoms with Crippen molar-refractivity contribution < 1.29 is 0 Å². The molecular formula is C14H17ClN6. The lowest BCUT2D eigenvalue weighted by atomic mass is 10.2. The van der Waals surface area contributed by atoms with Gasteiger partial charge in [-0.3, -0.25) is 4.68 Å². The fourth-order valence-electron chi connectivity index (χ4n) is 2.32. The number of fused-ring (bicyclic) bond motifs is 1. The van der Waals surface area contributed by atoms with Crippen molar-refractivity contribution in [3.05, 3.63) is 28.0 Å². The van der Waals surface area contributed by atoms with Crippen molar-refractivity contribution in [1.29, 1.82) is 0 Å². The lowest BCUT2D eigenvalue weighted by Gasteiger charge is -2.06. The first-order valence-electron chi connectivity index (χ1n) is 7.02. The molecule has 7 heteroatoms. The number of hydrogen-bond donors (Lipinski definition) is 0. The molecule has 3 rings (SSSR count). The highest BCUT2D eigenvalue weighted by Gasteiger charge is 2.18. The second kappa shape index (κ2) is 5.11. The summed E-state index contributed by atoms with van der Waals surface area (Å²) in [6.45, 7) is 8.81. The maximum Gasteiger partial charge on any atom is 0.203 e. The highest BCUT2D eigenvalue weighted by atomic mass is 35.5. The zero-order valence-electron chi connectivity index (χ0n) is 12.6. The van der Waals surface area contributed by atoms with E-state index in [4.69, 9.17) is 11.6 Å². The smallest absolute Gasteiger partial charge is 0.203 e. The molecule has 6 nitrogen and oxygen atoms in total. The monoisotopic (exact) mass is 304 g/mol. The van der Waals surface area contributed by atoms with Gasteiger partial charge in [-0.05, 0) is 38.8 Å². The van der Waals surface area contributed by atoms with Gasteiger partial charge in [-0.2, -0.15) is 14.7 Å². The van der Waals surface area contributed by atoms with E-state index in [2.05, 4.69) is 34.2 Å². The van der Waals surface area contributed by atoms with Gasteiger partial charge in [0.1, 0.15) is 5.69 Å². The summed E-state index contributed by atoms with van der Waals surface area (Å²) >= 11 is 6.21. The van der Waals surface area contributed by atoms with E-state index >= 15 is 0 Å². The minimum Gasteiger partial charge on any atom is -0.262 e. The van der Waals surface area contributed by atoms with Crippen LogP contribution in [0, 0.1) is 13.8 Å². The van der Waals surface area contributed by atoms with Gasteiger partial charge in [0.25, 0.3) is 0 Å². The number of aryl methyl sites for hydroxylation is 3. The first kappa shape index (κ1) is 14.0. The average Bonchev–Trinajstić information content (AvgIpc) is 3.07. The van der Waals surface area contributed by atoms with Crippen LogP contribution >= 0.6 is 11.6 Å². The van der Waals surface area contributed by atoms with Crippen molar-refractivity contribution in [3.8, 4) is 11.5 Å². The molecule has 21 heavy (non-hydrogen) atoms. The summed E-state index contributed by atoms with van der Waals surface area (Å²) in [5.41, 5.74) is 4.59. The number of hydrogen-bond acceptors (Lipinski definition) is 4. The topological polar surface area (TPSA) is 60.9 Å². The van der Waals surface area contributed by atoms with E-state index in [9.17, 15) is 0 Å². The fraction of sp³-hybridized carbons (Fsp3) is 0.429. The van der Waals surface area contributed by atoms with Crippen molar-refractivity contribution in [1.82, 2.24) is 29.6 Å². The molecule has 3 heterocycles. The molecule has 3 aromatic rings. The van der Waals surface area contributed by atoms with E-state index in [0.29, 0.717) is 11.0 Å². The third-order valence-corrected chi connectivity index (χ3v) is 4.12. The lowest BCUT2D eigenvalue weighted by Crippen LogP contribution is -2.04. The van der Waals surface area contributed by atoms with E-state index < -0.39 is 0 Å². The predicted octanol–water partition coefficient (Wildman–Crippen LogP) is 2.84. The fourth-order valence-corrected chi connectivity index (χ4v) is 2.53. The van der Waals surface area contributed by atoms with Crippen LogP contribution in [0.2, 0.25) is 5.15 Å². The largest absolute Gasteiger partial charge is 0.262 e. The summed E-state index contributed by atoms with van der Waals surface area (Å²) in [5, 5.41) is 18.0. The highest BCUT2D eigenvalue weighted by molar-refractivity contribution is 6.30. The Bertz CT molecular complexity index is 817. The molecule has 0 N–H and O–H groups in total. The second-order valence-electron chi connectivity index (χ2n) is 4.99. The molecule has 0 aliphatic heterocycles. The zero-order chi connectivity index (χ0) is 15.1. The third-order valence-electron chi connectivity index (χ3n) is 3.76. The van der Waals surface area contributed by atoms with Crippen molar-refractivity contribution in [2.45, 2.75) is 40.7 Å². The van der Waals surface area contributed by atoms with Crippen LogP contribution in [0.1, 0.15) is 30.7 Å². The van der Waals surface area contributed by atoms with Gasteiger partial charge in [-0.15, -0.1) is 10.2 Å². The van der Waals surface area contributed by atoms with E-state index in [-0.39, 0.29) is 0 Å². The van der Waals surface area contributed by atoms with Crippen molar-refractivity contribution >= 4 is 17.2 Å². The zero-order valence-corrected chi connectivity index (χ0v) is 13.3. The Morgan fingerprint density at radius 1 is 1.10 bits per heavy atom. The Kier molecular flexibility index (Phi) is 3.41. The molecule has 0 aromatic carbocycles. The molecule has 0 saturated heterocycles. The normalized spacial score (nSPS) is 11.5. The van der Waals surface area contributed by atoms with E-state index in [1.807, 2.05) is 24.6 Å². The van der Waals surface area contributed by atoms with Crippen LogP contribution in [-0.2, 0) is 13.0 Å². The molecule has 0 radical (unpaired) electrons. The number of rotatable bonds is 3. The Morgan fingerprint density at radius 2 is 1.86 bits per heavy atom. The minimum atomic E-state index is 0.472. The molecule has 110 valence electrons. The Morgan fingerprint density at radius 3 is 2.52 bits per heavy atom. The summed E-state index contributed by atoms with van der Waals surface area (Å²) in [4.78, 5) is 0. The van der Waals surface area contributed by atoms with Crippen molar-refractivity contribution in [3.63, 3.8) is 0 Å². The van der Waals surface area contributed by atoms with Crippen LogP contribution in [0.25, 0.3) is 17.2 Å². The van der Waals surface area contributed by atoms with Gasteiger partial charge in [0.15, 0.2) is 10.8 Å². The number of halogens is 1. The maximum atomic E-state index is 6.21. The SMILES string of the molecule is CCc1cc(-c2nnc3c(C)c(C)c(Cl)nn23)n(CC)n1. The summed E-state index contributed by atoms with van der Waals surface area (Å²) in [6.07, 6.45) is 0.878. The molecule has 0 aliphatic carbocycles. The first-order valence-corrected chi connectivity index (χ1v) is 7.39. The van der Waals surface area contributed by atoms with Crippen LogP contribution in [0.15, 0.2) is 6.07 Å². The molecule has 0 aliphatic rings. The van der Waals surface area contributed by atoms with Gasteiger partial charge in [-0.25, -0.2) is 0 Å². The van der Waals surface area contributed by atoms with Crippen LogP contribution in [0.3, 0.4) is 0 Å². The van der Waals surface area contributed by atoms with E-state index in [0.717, 1.165) is 41.1 Å². The Hall–Kier alpha value is -1.95. The first-order chi connectivity index (χ1) is 10.1. The third kappa shape index (κ3) is 2.10. The van der Waals surface area contributed by atoms with Crippen molar-refractivity contribution in [2.24, 2.45) is 0 Å². The van der Waals surface area contributed by atoms with Crippen LogP contribution < -0.4 is 0 Å². The van der Waals surface area contributed by atoms with E-state index in [1.54, 1.807) is 4.52 Å². The van der Waals surface area contributed by atoms with Crippen molar-refractivity contribution in [2.75, 3.05) is 0 Å². The standard InChI is InChI=1S/C14H17ClN6/c1-5-10-7-11(20(6-2)18-10)14-17-16-13-9(4)8(3)12(15)19-21(13)14/h7H,5-6H2,1-4H3. The van der Waals surface area contributed by atoms with Gasteiger partial charge >= 0.3 is 0 Å². The molecule has 0 unspecified atom stereocenters. The quantitative estimate of drug-likeness (QED) is 0.746. The molecule has 0 spiro atoms. The molecule has 3 aromatic heterocycles. The Balaban J connectivity index is 2.29. The summed E-state index contributed by atoms with van der Waals surface area (Å²) < 4.78 is 3.62. The molecule has 0 bridgehead atoms. The van der Waals surface area contributed by atoms with E-state index in [1.165, 1.54) is 0 Å². The maximum absolute atomic E-state index is 6.21. The Labute approximate surface area is 127 Å². The van der Waals surface area contributed by atoms with Gasteiger partial charge in [0.2, 0.25) is 5.82 Å². The lowest BCUT2D eigenvalue weighted by molar-refractivity contribution is 0.650. The van der Waals surface area contributed by atoms with Gasteiger partial charge in [0, 0.05) is 12.1 Å². The molecule has 0 fully saturated rings. The number of aromatic nitrogens is 6. The predicted molar refractivity (Wildman–Crippen MR) is 81.5 cm³/mol. The summed E-state index contributed by atoms with van der Waals surface area (Å²) in [5.74, 6) is 0.670. The van der Waals surface area contributed by atoms with Gasteiger partial charge in [-0.1, -0.05) is 18.5 Å². The van der Waals surface area contributed by atoms with Gasteiger partial charge in [0.05, 0.1) is 5.69 Å².